The van der Waals surface area contributed by atoms with Gasteiger partial charge in [-0.2, -0.15) is 0 Å². The summed E-state index contributed by atoms with van der Waals surface area (Å²) in [6, 6.07) is 0. The molecule has 0 saturated heterocycles. The largest absolute Gasteiger partial charge is 0.0861 e. The molecule has 0 bridgehead atoms. The fourth-order valence-corrected chi connectivity index (χ4v) is 3.33. The second-order valence-electron chi connectivity index (χ2n) is 3.98. The van der Waals surface area contributed by atoms with Gasteiger partial charge >= 0.3 is 0 Å². The lowest BCUT2D eigenvalue weighted by Gasteiger charge is -2.32. The van der Waals surface area contributed by atoms with Crippen molar-refractivity contribution in [2.45, 2.75) is 39.5 Å². The molecule has 1 aliphatic carbocycles. The topological polar surface area (TPSA) is 0 Å². The van der Waals surface area contributed by atoms with Crippen molar-refractivity contribution in [3.63, 3.8) is 0 Å². The summed E-state index contributed by atoms with van der Waals surface area (Å²) in [7, 11) is 0. The molecule has 0 nitrogen and oxygen atoms in total. The molecule has 0 amide bonds. The number of hydrogen-bond donors (Lipinski definition) is 0. The minimum absolute atomic E-state index is 0.995. The molecule has 1 saturated carbocycles. The molecule has 1 aliphatic rings. The van der Waals surface area contributed by atoms with Gasteiger partial charge in [0.2, 0.25) is 0 Å². The van der Waals surface area contributed by atoms with E-state index in [0.29, 0.717) is 0 Å². The van der Waals surface area contributed by atoms with Crippen molar-refractivity contribution in [2.75, 3.05) is 4.43 Å². The Kier molecular flexibility index (Phi) is 4.18. The molecule has 66 valence electrons. The van der Waals surface area contributed by atoms with Crippen LogP contribution in [-0.4, -0.2) is 4.43 Å². The molecular formula is C10H19I. The Labute approximate surface area is 84.3 Å². The quantitative estimate of drug-likeness (QED) is 0.525. The first-order chi connectivity index (χ1) is 5.27. The third-order valence-electron chi connectivity index (χ3n) is 3.25. The van der Waals surface area contributed by atoms with Crippen LogP contribution in [0, 0.1) is 17.8 Å². The van der Waals surface area contributed by atoms with Crippen molar-refractivity contribution >= 4 is 22.6 Å². The van der Waals surface area contributed by atoms with Crippen LogP contribution in [0.3, 0.4) is 0 Å². The summed E-state index contributed by atoms with van der Waals surface area (Å²) in [4.78, 5) is 0. The maximum Gasteiger partial charge on any atom is 0.00263 e. The Hall–Kier alpha value is 0.730. The maximum absolute atomic E-state index is 2.55. The fraction of sp³-hybridized carbons (Fsp3) is 1.00. The molecule has 0 spiro atoms. The molecular weight excluding hydrogens is 247 g/mol. The molecule has 0 heterocycles. The molecule has 11 heavy (non-hydrogen) atoms. The minimum Gasteiger partial charge on any atom is -0.0861 e. The third kappa shape index (κ3) is 2.60. The SMILES string of the molecule is CCC1CCC(C)C(CI)C1. The van der Waals surface area contributed by atoms with Crippen LogP contribution in [0.2, 0.25) is 0 Å². The summed E-state index contributed by atoms with van der Waals surface area (Å²) in [5.74, 6) is 3.06. The highest BCUT2D eigenvalue weighted by molar-refractivity contribution is 14.1. The molecule has 1 fully saturated rings. The van der Waals surface area contributed by atoms with E-state index >= 15 is 0 Å². The average molecular weight is 266 g/mol. The van der Waals surface area contributed by atoms with Gasteiger partial charge in [0.1, 0.15) is 0 Å². The van der Waals surface area contributed by atoms with E-state index in [1.165, 1.54) is 30.1 Å². The number of hydrogen-bond acceptors (Lipinski definition) is 0. The van der Waals surface area contributed by atoms with Gasteiger partial charge in [0.25, 0.3) is 0 Å². The summed E-state index contributed by atoms with van der Waals surface area (Å²) in [5.41, 5.74) is 0. The van der Waals surface area contributed by atoms with E-state index < -0.39 is 0 Å². The monoisotopic (exact) mass is 266 g/mol. The van der Waals surface area contributed by atoms with E-state index in [-0.39, 0.29) is 0 Å². The van der Waals surface area contributed by atoms with Crippen molar-refractivity contribution in [3.05, 3.63) is 0 Å². The van der Waals surface area contributed by atoms with Crippen molar-refractivity contribution in [2.24, 2.45) is 17.8 Å². The summed E-state index contributed by atoms with van der Waals surface area (Å²) >= 11 is 2.55. The molecule has 1 heteroatoms. The van der Waals surface area contributed by atoms with E-state index in [4.69, 9.17) is 0 Å². The van der Waals surface area contributed by atoms with Gasteiger partial charge in [0, 0.05) is 4.43 Å². The van der Waals surface area contributed by atoms with Gasteiger partial charge in [-0.25, -0.2) is 0 Å². The molecule has 0 N–H and O–H groups in total. The van der Waals surface area contributed by atoms with Crippen LogP contribution in [0.5, 0.6) is 0 Å². The molecule has 0 aromatic rings. The van der Waals surface area contributed by atoms with E-state index in [9.17, 15) is 0 Å². The highest BCUT2D eigenvalue weighted by Gasteiger charge is 2.25. The second kappa shape index (κ2) is 4.68. The molecule has 0 radical (unpaired) electrons. The summed E-state index contributed by atoms with van der Waals surface area (Å²) in [5, 5.41) is 0. The van der Waals surface area contributed by atoms with E-state index in [2.05, 4.69) is 36.4 Å². The van der Waals surface area contributed by atoms with Crippen molar-refractivity contribution in [3.8, 4) is 0 Å². The zero-order valence-corrected chi connectivity index (χ0v) is 9.80. The zero-order valence-electron chi connectivity index (χ0n) is 7.65. The van der Waals surface area contributed by atoms with E-state index in [1.54, 1.807) is 0 Å². The molecule has 0 aromatic heterocycles. The highest BCUT2D eigenvalue weighted by atomic mass is 127. The Morgan fingerprint density at radius 1 is 1.36 bits per heavy atom. The molecule has 3 unspecified atom stereocenters. The first-order valence-electron chi connectivity index (χ1n) is 4.83. The van der Waals surface area contributed by atoms with Crippen LogP contribution in [0.1, 0.15) is 39.5 Å². The summed E-state index contributed by atoms with van der Waals surface area (Å²) < 4.78 is 1.37. The second-order valence-corrected chi connectivity index (χ2v) is 4.86. The summed E-state index contributed by atoms with van der Waals surface area (Å²) in [6.45, 7) is 4.76. The molecule has 0 aromatic carbocycles. The first kappa shape index (κ1) is 9.82. The van der Waals surface area contributed by atoms with Gasteiger partial charge in [0.05, 0.1) is 0 Å². The van der Waals surface area contributed by atoms with Crippen molar-refractivity contribution < 1.29 is 0 Å². The van der Waals surface area contributed by atoms with Crippen molar-refractivity contribution in [1.29, 1.82) is 0 Å². The summed E-state index contributed by atoms with van der Waals surface area (Å²) in [6.07, 6.45) is 5.87. The lowest BCUT2D eigenvalue weighted by molar-refractivity contribution is 0.210. The Morgan fingerprint density at radius 2 is 2.09 bits per heavy atom. The molecule has 1 rings (SSSR count). The van der Waals surface area contributed by atoms with Crippen LogP contribution in [0.4, 0.5) is 0 Å². The van der Waals surface area contributed by atoms with Gasteiger partial charge in [-0.3, -0.25) is 0 Å². The zero-order chi connectivity index (χ0) is 8.27. The smallest absolute Gasteiger partial charge is 0.00263 e. The average Bonchev–Trinajstić information content (AvgIpc) is 2.05. The Bertz CT molecular complexity index is 111. The van der Waals surface area contributed by atoms with Gasteiger partial charge in [-0.15, -0.1) is 0 Å². The highest BCUT2D eigenvalue weighted by Crippen LogP contribution is 2.35. The molecule has 0 aliphatic heterocycles. The van der Waals surface area contributed by atoms with Gasteiger partial charge < -0.3 is 0 Å². The first-order valence-corrected chi connectivity index (χ1v) is 6.36. The van der Waals surface area contributed by atoms with E-state index in [0.717, 1.165) is 17.8 Å². The standard InChI is InChI=1S/C10H19I/c1-3-9-5-4-8(2)10(6-9)7-11/h8-10H,3-7H2,1-2H3. The third-order valence-corrected chi connectivity index (χ3v) is 4.38. The predicted octanol–water partition coefficient (Wildman–Crippen LogP) is 3.88. The van der Waals surface area contributed by atoms with E-state index in [1.807, 2.05) is 0 Å². The molecule has 3 atom stereocenters. The normalized spacial score (nSPS) is 39.0. The number of alkyl halides is 1. The number of halogens is 1. The number of rotatable bonds is 2. The predicted molar refractivity (Wildman–Crippen MR) is 59.2 cm³/mol. The lowest BCUT2D eigenvalue weighted by Crippen LogP contribution is -2.23. The Morgan fingerprint density at radius 3 is 2.64 bits per heavy atom. The van der Waals surface area contributed by atoms with Crippen LogP contribution in [-0.2, 0) is 0 Å². The van der Waals surface area contributed by atoms with Gasteiger partial charge in [-0.05, 0) is 24.2 Å². The van der Waals surface area contributed by atoms with Crippen LogP contribution in [0.25, 0.3) is 0 Å². The Balaban J connectivity index is 2.37. The van der Waals surface area contributed by atoms with Crippen LogP contribution < -0.4 is 0 Å². The van der Waals surface area contributed by atoms with Gasteiger partial charge in [-0.1, -0.05) is 55.7 Å². The fourth-order valence-electron chi connectivity index (χ4n) is 2.10. The van der Waals surface area contributed by atoms with Crippen LogP contribution >= 0.6 is 22.6 Å². The van der Waals surface area contributed by atoms with Crippen LogP contribution in [0.15, 0.2) is 0 Å². The van der Waals surface area contributed by atoms with Crippen molar-refractivity contribution in [1.82, 2.24) is 0 Å². The lowest BCUT2D eigenvalue weighted by atomic mass is 9.75. The maximum atomic E-state index is 2.55. The minimum atomic E-state index is 0.995. The van der Waals surface area contributed by atoms with Gasteiger partial charge in [0.15, 0.2) is 0 Å².